The van der Waals surface area contributed by atoms with Crippen LogP contribution in [0.15, 0.2) is 36.7 Å². The van der Waals surface area contributed by atoms with Crippen molar-refractivity contribution in [2.45, 2.75) is 26.8 Å². The summed E-state index contributed by atoms with van der Waals surface area (Å²) in [5.41, 5.74) is 0.790. The molecule has 0 aliphatic carbocycles. The van der Waals surface area contributed by atoms with Gasteiger partial charge in [0.2, 0.25) is 5.88 Å². The molecule has 3 rings (SSSR count). The molecule has 5 nitrogen and oxygen atoms in total. The third-order valence-electron chi connectivity index (χ3n) is 3.83. The summed E-state index contributed by atoms with van der Waals surface area (Å²) < 4.78 is 35.4. The van der Waals surface area contributed by atoms with Crippen molar-refractivity contribution in [2.75, 3.05) is 5.32 Å². The Morgan fingerprint density at radius 2 is 2.07 bits per heavy atom. The topological polar surface area (TPSA) is 56.1 Å². The molecular weight excluding hydrogens is 408 g/mol. The minimum Gasteiger partial charge on any atom is -0.393 e. The fraction of sp³-hybridized carbons (Fsp3) is 0.263. The summed E-state index contributed by atoms with van der Waals surface area (Å²) in [5.74, 6) is -0.780. The van der Waals surface area contributed by atoms with Crippen molar-refractivity contribution in [1.29, 1.82) is 0 Å². The van der Waals surface area contributed by atoms with Gasteiger partial charge in [-0.2, -0.15) is 0 Å². The van der Waals surface area contributed by atoms with Gasteiger partial charge < -0.3 is 9.30 Å². The zero-order chi connectivity index (χ0) is 20.3. The van der Waals surface area contributed by atoms with Crippen LogP contribution < -0.4 is 10.1 Å². The van der Waals surface area contributed by atoms with Gasteiger partial charge in [0, 0.05) is 17.8 Å². The molecule has 0 radical (unpaired) electrons. The van der Waals surface area contributed by atoms with Crippen LogP contribution in [0.25, 0.3) is 0 Å². The van der Waals surface area contributed by atoms with Crippen LogP contribution in [0.2, 0.25) is 4.34 Å². The van der Waals surface area contributed by atoms with E-state index in [-0.39, 0.29) is 23.1 Å². The third-order valence-corrected chi connectivity index (χ3v) is 4.86. The van der Waals surface area contributed by atoms with Crippen LogP contribution in [0, 0.1) is 17.6 Å². The average molecular weight is 426 g/mol. The van der Waals surface area contributed by atoms with Crippen molar-refractivity contribution < 1.29 is 18.3 Å². The number of benzene rings is 1. The molecule has 3 aromatic rings. The van der Waals surface area contributed by atoms with Gasteiger partial charge in [-0.05, 0) is 30.0 Å². The van der Waals surface area contributed by atoms with Gasteiger partial charge in [0.05, 0.1) is 12.7 Å². The molecule has 0 fully saturated rings. The van der Waals surface area contributed by atoms with Crippen LogP contribution in [-0.2, 0) is 13.0 Å². The number of hydrogen-bond acceptors (Lipinski definition) is 4. The Kier molecular flexibility index (Phi) is 6.31. The molecule has 9 heteroatoms. The molecule has 148 valence electrons. The first kappa shape index (κ1) is 20.3. The molecule has 0 aliphatic heterocycles. The van der Waals surface area contributed by atoms with E-state index in [2.05, 4.69) is 10.3 Å². The van der Waals surface area contributed by atoms with Crippen molar-refractivity contribution in [1.82, 2.24) is 9.55 Å². The first-order chi connectivity index (χ1) is 13.3. The maximum absolute atomic E-state index is 14.0. The monoisotopic (exact) mass is 425 g/mol. The number of thiazole rings is 1. The lowest BCUT2D eigenvalue weighted by molar-refractivity contribution is 0.211. The zero-order valence-electron chi connectivity index (χ0n) is 15.2. The molecule has 1 N–H and O–H groups in total. The van der Waals surface area contributed by atoms with E-state index in [4.69, 9.17) is 16.3 Å². The molecule has 0 aliphatic rings. The quantitative estimate of drug-likeness (QED) is 0.548. The molecule has 1 aromatic carbocycles. The Morgan fingerprint density at radius 1 is 1.36 bits per heavy atom. The van der Waals surface area contributed by atoms with Crippen molar-refractivity contribution in [3.63, 3.8) is 0 Å². The Hall–Kier alpha value is -2.45. The molecule has 1 amide bonds. The van der Waals surface area contributed by atoms with E-state index in [9.17, 15) is 13.6 Å². The Bertz CT molecular complexity index is 967. The fourth-order valence-electron chi connectivity index (χ4n) is 2.71. The Balaban J connectivity index is 1.84. The van der Waals surface area contributed by atoms with Gasteiger partial charge in [0.15, 0.2) is 5.13 Å². The molecule has 2 heterocycles. The van der Waals surface area contributed by atoms with Crippen LogP contribution in [0.1, 0.15) is 25.0 Å². The van der Waals surface area contributed by atoms with E-state index in [0.29, 0.717) is 10.3 Å². The number of carbonyl (C=O) groups is 1. The molecule has 0 spiro atoms. The highest BCUT2D eigenvalue weighted by Crippen LogP contribution is 2.25. The molecule has 0 bridgehead atoms. The summed E-state index contributed by atoms with van der Waals surface area (Å²) in [5, 5.41) is 2.76. The minimum absolute atomic E-state index is 0.105. The van der Waals surface area contributed by atoms with Crippen molar-refractivity contribution in [2.24, 2.45) is 5.92 Å². The molecule has 0 unspecified atom stereocenters. The average Bonchev–Trinajstić information content (AvgIpc) is 3.16. The van der Waals surface area contributed by atoms with Crippen LogP contribution >= 0.6 is 22.9 Å². The second-order valence-corrected chi connectivity index (χ2v) is 8.26. The van der Waals surface area contributed by atoms with E-state index in [1.54, 1.807) is 12.3 Å². The van der Waals surface area contributed by atoms with Gasteiger partial charge in [-0.15, -0.1) is 0 Å². The number of ether oxygens (including phenoxy) is 1. The second-order valence-electron chi connectivity index (χ2n) is 6.60. The lowest BCUT2D eigenvalue weighted by atomic mass is 10.1. The number of halogens is 3. The predicted molar refractivity (Wildman–Crippen MR) is 105 cm³/mol. The first-order valence-electron chi connectivity index (χ1n) is 8.54. The van der Waals surface area contributed by atoms with Crippen molar-refractivity contribution in [3.05, 3.63) is 63.8 Å². The molecule has 0 saturated carbocycles. The second kappa shape index (κ2) is 8.70. The van der Waals surface area contributed by atoms with E-state index in [1.807, 2.05) is 13.8 Å². The van der Waals surface area contributed by atoms with E-state index < -0.39 is 17.7 Å². The normalized spacial score (nSPS) is 11.1. The van der Waals surface area contributed by atoms with Gasteiger partial charge >= 0.3 is 6.09 Å². The highest BCUT2D eigenvalue weighted by atomic mass is 35.5. The van der Waals surface area contributed by atoms with Crippen LogP contribution in [-0.4, -0.2) is 15.6 Å². The van der Waals surface area contributed by atoms with Gasteiger partial charge in [0.1, 0.15) is 16.0 Å². The lowest BCUT2D eigenvalue weighted by Gasteiger charge is -2.11. The molecule has 0 saturated heterocycles. The number of amides is 1. The molecule has 0 atom stereocenters. The summed E-state index contributed by atoms with van der Waals surface area (Å²) in [6.07, 6.45) is 3.10. The van der Waals surface area contributed by atoms with Crippen LogP contribution in [0.5, 0.6) is 5.88 Å². The molecule has 2 aromatic heterocycles. The van der Waals surface area contributed by atoms with Crippen LogP contribution in [0.3, 0.4) is 0 Å². The minimum atomic E-state index is -0.768. The highest BCUT2D eigenvalue weighted by Gasteiger charge is 2.17. The van der Waals surface area contributed by atoms with E-state index >= 15 is 0 Å². The number of carbonyl (C=O) groups excluding carboxylic acids is 1. The maximum Gasteiger partial charge on any atom is 0.420 e. The van der Waals surface area contributed by atoms with Gasteiger partial charge in [-0.1, -0.05) is 42.9 Å². The summed E-state index contributed by atoms with van der Waals surface area (Å²) in [7, 11) is 0. The lowest BCUT2D eigenvalue weighted by Crippen LogP contribution is -2.18. The van der Waals surface area contributed by atoms with Gasteiger partial charge in [-0.3, -0.25) is 5.32 Å². The Morgan fingerprint density at radius 3 is 2.68 bits per heavy atom. The van der Waals surface area contributed by atoms with E-state index in [1.165, 1.54) is 29.0 Å². The smallest absolute Gasteiger partial charge is 0.393 e. The number of rotatable bonds is 6. The Labute approximate surface area is 169 Å². The highest BCUT2D eigenvalue weighted by molar-refractivity contribution is 7.19. The summed E-state index contributed by atoms with van der Waals surface area (Å²) in [6.45, 7) is 3.99. The van der Waals surface area contributed by atoms with Crippen LogP contribution in [0.4, 0.5) is 18.7 Å². The summed E-state index contributed by atoms with van der Waals surface area (Å²) in [4.78, 5) is 16.1. The first-order valence-corrected chi connectivity index (χ1v) is 9.73. The zero-order valence-corrected chi connectivity index (χ0v) is 16.8. The summed E-state index contributed by atoms with van der Waals surface area (Å²) >= 11 is 6.88. The molecular formula is C19H18ClF2N3O2S. The predicted octanol–water partition coefficient (Wildman–Crippen LogP) is 5.73. The number of nitrogens with one attached hydrogen (secondary N) is 1. The summed E-state index contributed by atoms with van der Waals surface area (Å²) in [6, 6.07) is 5.37. The van der Waals surface area contributed by atoms with E-state index in [0.717, 1.165) is 23.3 Å². The molecule has 28 heavy (non-hydrogen) atoms. The number of aromatic nitrogens is 2. The number of hydrogen-bond donors (Lipinski definition) is 1. The third kappa shape index (κ3) is 5.08. The largest absolute Gasteiger partial charge is 0.420 e. The SMILES string of the molecule is CC(C)Cc1cc(OC(=O)Nc2ncc(Cl)s2)n(Cc2c(F)cccc2F)c1. The van der Waals surface area contributed by atoms with Gasteiger partial charge in [-0.25, -0.2) is 18.6 Å². The number of nitrogens with zero attached hydrogens (tertiary/aromatic N) is 2. The van der Waals surface area contributed by atoms with Gasteiger partial charge in [0.25, 0.3) is 0 Å². The number of anilines is 1. The fourth-order valence-corrected chi connectivity index (χ4v) is 3.51. The van der Waals surface area contributed by atoms with Crippen molar-refractivity contribution >= 4 is 34.2 Å². The van der Waals surface area contributed by atoms with Crippen molar-refractivity contribution in [3.8, 4) is 5.88 Å². The maximum atomic E-state index is 14.0. The standard InChI is InChI=1S/C19H18ClF2N3O2S/c1-11(2)6-12-7-17(27-19(26)24-18-23-8-16(20)28-18)25(9-12)10-13-14(21)4-3-5-15(13)22/h3-5,7-9,11H,6,10H2,1-2H3,(H,23,24,26).